The molecule has 3 N–H and O–H groups in total. The highest BCUT2D eigenvalue weighted by Gasteiger charge is 2.32. The van der Waals surface area contributed by atoms with Gasteiger partial charge >= 0.3 is 5.97 Å². The first-order valence-corrected chi connectivity index (χ1v) is 6.89. The van der Waals surface area contributed by atoms with Crippen LogP contribution in [0.1, 0.15) is 6.42 Å². The summed E-state index contributed by atoms with van der Waals surface area (Å²) < 4.78 is 10.9. The largest absolute Gasteiger partial charge is 0.480 e. The topological polar surface area (TPSA) is 86.6 Å². The van der Waals surface area contributed by atoms with Crippen molar-refractivity contribution in [1.29, 1.82) is 0 Å². The minimum atomic E-state index is -3.31. The van der Waals surface area contributed by atoms with Gasteiger partial charge in [-0.2, -0.15) is 0 Å². The summed E-state index contributed by atoms with van der Waals surface area (Å²) in [6.07, 6.45) is 0.479. The van der Waals surface area contributed by atoms with E-state index < -0.39 is 18.6 Å². The standard InChI is InChI=1S/C6H12NO4PS/c8-6(9)5-1-4(2-7-5)3-12(10,11)13/h4-5,7H,1-3H2,(H,8,9)(H2,10,11,13)/t4?,5-/m0/s1. The summed E-state index contributed by atoms with van der Waals surface area (Å²) in [4.78, 5) is 19.4. The van der Waals surface area contributed by atoms with Crippen molar-refractivity contribution in [3.63, 3.8) is 0 Å². The van der Waals surface area contributed by atoms with Crippen LogP contribution in [0.15, 0.2) is 0 Å². The first-order valence-electron chi connectivity index (χ1n) is 3.89. The second-order valence-corrected chi connectivity index (χ2v) is 6.82. The lowest BCUT2D eigenvalue weighted by Gasteiger charge is -2.09. The fraction of sp³-hybridized carbons (Fsp3) is 0.833. The quantitative estimate of drug-likeness (QED) is 0.406. The normalized spacial score (nSPS) is 32.8. The van der Waals surface area contributed by atoms with E-state index in [1.807, 2.05) is 0 Å². The van der Waals surface area contributed by atoms with Crippen LogP contribution in [0.5, 0.6) is 0 Å². The number of carboxylic acids is 1. The molecule has 76 valence electrons. The van der Waals surface area contributed by atoms with Crippen LogP contribution in [0, 0.1) is 5.92 Å². The molecule has 1 saturated heterocycles. The molecule has 7 heteroatoms. The highest BCUT2D eigenvalue weighted by Crippen LogP contribution is 2.48. The van der Waals surface area contributed by atoms with Crippen molar-refractivity contribution in [2.75, 3.05) is 12.7 Å². The Morgan fingerprint density at radius 3 is 2.69 bits per heavy atom. The molecule has 13 heavy (non-hydrogen) atoms. The summed E-state index contributed by atoms with van der Waals surface area (Å²) in [6, 6.07) is -0.579. The molecule has 0 radical (unpaired) electrons. The average Bonchev–Trinajstić information content (AvgIpc) is 2.31. The number of carbonyl (C=O) groups is 1. The summed E-state index contributed by atoms with van der Waals surface area (Å²) >= 11 is 3.55. The van der Waals surface area contributed by atoms with Crippen molar-refractivity contribution >= 4 is 24.8 Å². The lowest BCUT2D eigenvalue weighted by atomic mass is 10.1. The van der Waals surface area contributed by atoms with Gasteiger partial charge in [0.2, 0.25) is 0 Å². The fourth-order valence-corrected chi connectivity index (χ4v) is 3.12. The number of nitrogens with one attached hydrogen (secondary N) is 1. The molecule has 0 aliphatic carbocycles. The molecule has 1 fully saturated rings. The summed E-state index contributed by atoms with van der Waals surface area (Å²) in [6.45, 7) is -2.84. The van der Waals surface area contributed by atoms with Gasteiger partial charge in [0.1, 0.15) is 6.04 Å². The van der Waals surface area contributed by atoms with Crippen molar-refractivity contribution < 1.29 is 19.4 Å². The Labute approximate surface area is 81.1 Å². The smallest absolute Gasteiger partial charge is 0.320 e. The van der Waals surface area contributed by atoms with Crippen molar-refractivity contribution in [2.45, 2.75) is 12.5 Å². The van der Waals surface area contributed by atoms with E-state index in [9.17, 15) is 9.36 Å². The molecule has 3 atom stereocenters. The number of carboxylic acid groups (broad SMARTS) is 1. The second-order valence-electron chi connectivity index (χ2n) is 3.25. The van der Waals surface area contributed by atoms with Gasteiger partial charge in [-0.15, -0.1) is 0 Å². The predicted molar refractivity (Wildman–Crippen MR) is 51.2 cm³/mol. The van der Waals surface area contributed by atoms with Gasteiger partial charge in [-0.05, 0) is 18.9 Å². The van der Waals surface area contributed by atoms with E-state index in [-0.39, 0.29) is 12.1 Å². The summed E-state index contributed by atoms with van der Waals surface area (Å²) in [5, 5.41) is 11.4. The van der Waals surface area contributed by atoms with Crippen LogP contribution in [0.25, 0.3) is 0 Å². The molecule has 0 amide bonds. The lowest BCUT2D eigenvalue weighted by molar-refractivity contribution is -0.139. The van der Waals surface area contributed by atoms with Gasteiger partial charge in [-0.25, -0.2) is 0 Å². The monoisotopic (exact) mass is 225 g/mol. The van der Waals surface area contributed by atoms with Crippen molar-refractivity contribution in [3.8, 4) is 0 Å². The summed E-state index contributed by atoms with van der Waals surface area (Å²) in [5.74, 6) is -0.969. The fourth-order valence-electron chi connectivity index (χ4n) is 1.47. The third-order valence-electron chi connectivity index (χ3n) is 2.02. The molecule has 1 aliphatic heterocycles. The Balaban J connectivity index is 2.42. The van der Waals surface area contributed by atoms with Crippen LogP contribution in [-0.4, -0.2) is 34.7 Å². The van der Waals surface area contributed by atoms with E-state index in [0.717, 1.165) is 0 Å². The van der Waals surface area contributed by atoms with Crippen LogP contribution in [-0.2, 0) is 9.36 Å². The van der Waals surface area contributed by atoms with Gasteiger partial charge in [0.15, 0.2) is 0 Å². The molecule has 1 aliphatic rings. The van der Waals surface area contributed by atoms with E-state index in [0.29, 0.717) is 13.0 Å². The van der Waals surface area contributed by atoms with Gasteiger partial charge < -0.3 is 15.3 Å². The maximum atomic E-state index is 10.9. The third-order valence-corrected chi connectivity index (χ3v) is 3.50. The van der Waals surface area contributed by atoms with Crippen LogP contribution in [0.4, 0.5) is 0 Å². The number of rotatable bonds is 3. The Bertz CT molecular complexity index is 253. The van der Waals surface area contributed by atoms with Crippen LogP contribution in [0.3, 0.4) is 0 Å². The van der Waals surface area contributed by atoms with Crippen LogP contribution < -0.4 is 5.32 Å². The molecule has 0 aromatic rings. The predicted octanol–water partition coefficient (Wildman–Crippen LogP) is 0.164. The van der Waals surface area contributed by atoms with E-state index in [1.54, 1.807) is 0 Å². The average molecular weight is 225 g/mol. The minimum Gasteiger partial charge on any atom is -0.480 e. The SMILES string of the molecule is O=C(O)[C@@H]1CC(CP(=O)(O)S)CN1. The maximum absolute atomic E-state index is 10.9. The Morgan fingerprint density at radius 1 is 1.69 bits per heavy atom. The van der Waals surface area contributed by atoms with Crippen molar-refractivity contribution in [2.24, 2.45) is 5.92 Å². The molecule has 5 nitrogen and oxygen atoms in total. The Hall–Kier alpha value is -0.0300. The first-order chi connectivity index (χ1) is 5.88. The minimum absolute atomic E-state index is 0.0607. The molecule has 1 heterocycles. The summed E-state index contributed by atoms with van der Waals surface area (Å²) in [5.41, 5.74) is 0. The molecule has 0 aromatic carbocycles. The Morgan fingerprint density at radius 2 is 2.31 bits per heavy atom. The zero-order valence-corrected chi connectivity index (χ0v) is 8.67. The van der Waals surface area contributed by atoms with Crippen LogP contribution >= 0.6 is 18.8 Å². The zero-order chi connectivity index (χ0) is 10.1. The highest BCUT2D eigenvalue weighted by molar-refractivity contribution is 8.46. The number of aliphatic carboxylic acids is 1. The van der Waals surface area contributed by atoms with Crippen LogP contribution in [0.2, 0.25) is 0 Å². The number of hydrogen-bond acceptors (Lipinski definition) is 3. The van der Waals surface area contributed by atoms with Crippen molar-refractivity contribution in [1.82, 2.24) is 5.32 Å². The molecule has 0 spiro atoms. The molecular formula is C6H12NO4PS. The lowest BCUT2D eigenvalue weighted by Crippen LogP contribution is -2.29. The highest BCUT2D eigenvalue weighted by atomic mass is 32.7. The van der Waals surface area contributed by atoms with E-state index in [1.165, 1.54) is 0 Å². The van der Waals surface area contributed by atoms with E-state index in [4.69, 9.17) is 10.00 Å². The molecule has 1 rings (SSSR count). The molecular weight excluding hydrogens is 213 g/mol. The molecule has 0 bridgehead atoms. The van der Waals surface area contributed by atoms with Gasteiger partial charge in [-0.3, -0.25) is 9.36 Å². The van der Waals surface area contributed by atoms with Gasteiger partial charge in [0, 0.05) is 6.16 Å². The molecule has 0 saturated carbocycles. The van der Waals surface area contributed by atoms with E-state index >= 15 is 0 Å². The van der Waals surface area contributed by atoms with Gasteiger partial charge in [0.25, 0.3) is 6.57 Å². The Kier molecular flexibility index (Phi) is 3.40. The molecule has 0 aromatic heterocycles. The zero-order valence-electron chi connectivity index (χ0n) is 6.88. The second kappa shape index (κ2) is 4.00. The first kappa shape index (κ1) is 11.0. The summed E-state index contributed by atoms with van der Waals surface area (Å²) in [7, 11) is 0. The number of thiol groups is 1. The van der Waals surface area contributed by atoms with E-state index in [2.05, 4.69) is 17.6 Å². The third kappa shape index (κ3) is 3.68. The van der Waals surface area contributed by atoms with Gasteiger partial charge in [-0.1, -0.05) is 12.2 Å². The number of hydrogen-bond donors (Lipinski definition) is 4. The maximum Gasteiger partial charge on any atom is 0.320 e. The van der Waals surface area contributed by atoms with Gasteiger partial charge in [0.05, 0.1) is 0 Å². The van der Waals surface area contributed by atoms with Crippen molar-refractivity contribution in [3.05, 3.63) is 0 Å². The molecule has 2 unspecified atom stereocenters.